The molecule has 0 saturated heterocycles. The van der Waals surface area contributed by atoms with Crippen molar-refractivity contribution in [1.82, 2.24) is 0 Å². The summed E-state index contributed by atoms with van der Waals surface area (Å²) in [5, 5.41) is 0. The lowest BCUT2D eigenvalue weighted by atomic mass is 9.79. The molecule has 78 valence electrons. The van der Waals surface area contributed by atoms with Gasteiger partial charge in [-0.05, 0) is 17.3 Å². The smallest absolute Gasteiger partial charge is 0.0173 e. The van der Waals surface area contributed by atoms with Crippen molar-refractivity contribution in [3.8, 4) is 0 Å². The summed E-state index contributed by atoms with van der Waals surface area (Å²) in [6.07, 6.45) is 4.93. The van der Waals surface area contributed by atoms with Crippen LogP contribution in [0.2, 0.25) is 0 Å². The average molecular weight is 182 g/mol. The SMILES string of the molecule is CCC/C(=C/C(C)(C)C)C(C)(C)C. The Morgan fingerprint density at radius 3 is 1.69 bits per heavy atom. The minimum atomic E-state index is 0.317. The van der Waals surface area contributed by atoms with Crippen LogP contribution < -0.4 is 0 Å². The van der Waals surface area contributed by atoms with Crippen LogP contribution in [0.1, 0.15) is 61.3 Å². The minimum absolute atomic E-state index is 0.317. The maximum Gasteiger partial charge on any atom is -0.0173 e. The van der Waals surface area contributed by atoms with Crippen LogP contribution in [0.3, 0.4) is 0 Å². The van der Waals surface area contributed by atoms with Crippen molar-refractivity contribution < 1.29 is 0 Å². The Morgan fingerprint density at radius 1 is 1.00 bits per heavy atom. The Bertz CT molecular complexity index is 171. The van der Waals surface area contributed by atoms with E-state index >= 15 is 0 Å². The highest BCUT2D eigenvalue weighted by molar-refractivity contribution is 5.13. The van der Waals surface area contributed by atoms with Gasteiger partial charge in [-0.1, -0.05) is 66.5 Å². The van der Waals surface area contributed by atoms with Crippen molar-refractivity contribution in [2.75, 3.05) is 0 Å². The Kier molecular flexibility index (Phi) is 4.22. The van der Waals surface area contributed by atoms with Crippen molar-refractivity contribution in [2.45, 2.75) is 61.3 Å². The summed E-state index contributed by atoms with van der Waals surface area (Å²) in [7, 11) is 0. The van der Waals surface area contributed by atoms with E-state index in [9.17, 15) is 0 Å². The Morgan fingerprint density at radius 2 is 1.46 bits per heavy atom. The number of hydrogen-bond acceptors (Lipinski definition) is 0. The number of rotatable bonds is 2. The van der Waals surface area contributed by atoms with Crippen LogP contribution in [-0.4, -0.2) is 0 Å². The maximum atomic E-state index is 2.44. The second-order valence-electron chi connectivity index (χ2n) is 6.04. The molecule has 0 fully saturated rings. The highest BCUT2D eigenvalue weighted by Crippen LogP contribution is 2.32. The summed E-state index contributed by atoms with van der Waals surface area (Å²) >= 11 is 0. The van der Waals surface area contributed by atoms with Gasteiger partial charge >= 0.3 is 0 Å². The fraction of sp³-hybridized carbons (Fsp3) is 0.846. The zero-order valence-corrected chi connectivity index (χ0v) is 10.5. The largest absolute Gasteiger partial charge is 0.0794 e. The fourth-order valence-corrected chi connectivity index (χ4v) is 1.46. The van der Waals surface area contributed by atoms with Gasteiger partial charge in [-0.25, -0.2) is 0 Å². The lowest BCUT2D eigenvalue weighted by Crippen LogP contribution is -2.13. The molecule has 0 radical (unpaired) electrons. The molecule has 0 aliphatic rings. The Balaban J connectivity index is 4.71. The standard InChI is InChI=1S/C13H26/c1-8-9-11(13(5,6)7)10-12(2,3)4/h10H,8-9H2,1-7H3/b11-10-. The van der Waals surface area contributed by atoms with Crippen LogP contribution in [0.25, 0.3) is 0 Å². The quantitative estimate of drug-likeness (QED) is 0.538. The van der Waals surface area contributed by atoms with E-state index in [0.717, 1.165) is 0 Å². The predicted molar refractivity (Wildman–Crippen MR) is 61.9 cm³/mol. The van der Waals surface area contributed by atoms with Crippen molar-refractivity contribution in [3.05, 3.63) is 11.6 Å². The van der Waals surface area contributed by atoms with Crippen LogP contribution in [0, 0.1) is 10.8 Å². The normalized spacial score (nSPS) is 14.8. The van der Waals surface area contributed by atoms with Gasteiger partial charge in [-0.2, -0.15) is 0 Å². The molecule has 0 heteroatoms. The van der Waals surface area contributed by atoms with Crippen LogP contribution in [0.15, 0.2) is 11.6 Å². The van der Waals surface area contributed by atoms with Crippen LogP contribution in [0.4, 0.5) is 0 Å². The van der Waals surface area contributed by atoms with Gasteiger partial charge in [-0.15, -0.1) is 0 Å². The fourth-order valence-electron chi connectivity index (χ4n) is 1.46. The monoisotopic (exact) mass is 182 g/mol. The van der Waals surface area contributed by atoms with Gasteiger partial charge in [0.25, 0.3) is 0 Å². The van der Waals surface area contributed by atoms with Gasteiger partial charge in [0.1, 0.15) is 0 Å². The molecule has 0 aromatic carbocycles. The zero-order valence-electron chi connectivity index (χ0n) is 10.5. The van der Waals surface area contributed by atoms with Gasteiger partial charge in [0.05, 0.1) is 0 Å². The molecule has 0 rings (SSSR count). The van der Waals surface area contributed by atoms with Gasteiger partial charge < -0.3 is 0 Å². The molecule has 0 atom stereocenters. The van der Waals surface area contributed by atoms with Crippen LogP contribution in [0.5, 0.6) is 0 Å². The van der Waals surface area contributed by atoms with E-state index in [1.54, 1.807) is 5.57 Å². The van der Waals surface area contributed by atoms with E-state index in [1.807, 2.05) is 0 Å². The van der Waals surface area contributed by atoms with E-state index in [2.05, 4.69) is 54.5 Å². The van der Waals surface area contributed by atoms with Gasteiger partial charge in [0, 0.05) is 0 Å². The molecule has 0 aromatic rings. The molecule has 0 nitrogen and oxygen atoms in total. The van der Waals surface area contributed by atoms with Gasteiger partial charge in [-0.3, -0.25) is 0 Å². The third-order valence-electron chi connectivity index (χ3n) is 2.09. The topological polar surface area (TPSA) is 0 Å². The average Bonchev–Trinajstić information content (AvgIpc) is 1.81. The third-order valence-corrected chi connectivity index (χ3v) is 2.09. The summed E-state index contributed by atoms with van der Waals surface area (Å²) in [6, 6.07) is 0. The molecule has 0 bridgehead atoms. The third kappa shape index (κ3) is 5.90. The molecule has 0 spiro atoms. The first-order chi connectivity index (χ1) is 5.67. The summed E-state index contributed by atoms with van der Waals surface area (Å²) in [4.78, 5) is 0. The Labute approximate surface area is 84.4 Å². The molecule has 0 amide bonds. The second-order valence-corrected chi connectivity index (χ2v) is 6.04. The van der Waals surface area contributed by atoms with E-state index < -0.39 is 0 Å². The molecule has 0 unspecified atom stereocenters. The predicted octanol–water partition coefficient (Wildman–Crippen LogP) is 4.81. The summed E-state index contributed by atoms with van der Waals surface area (Å²) in [5.41, 5.74) is 2.25. The molecular formula is C13H26. The van der Waals surface area contributed by atoms with Gasteiger partial charge in [0.15, 0.2) is 0 Å². The van der Waals surface area contributed by atoms with Crippen molar-refractivity contribution >= 4 is 0 Å². The molecule has 0 aromatic heterocycles. The maximum absolute atomic E-state index is 2.44. The van der Waals surface area contributed by atoms with Crippen LogP contribution >= 0.6 is 0 Å². The van der Waals surface area contributed by atoms with Crippen molar-refractivity contribution in [2.24, 2.45) is 10.8 Å². The number of hydrogen-bond donors (Lipinski definition) is 0. The van der Waals surface area contributed by atoms with E-state index in [0.29, 0.717) is 10.8 Å². The van der Waals surface area contributed by atoms with Crippen molar-refractivity contribution in [3.63, 3.8) is 0 Å². The molecule has 0 aliphatic carbocycles. The minimum Gasteiger partial charge on any atom is -0.0794 e. The molecule has 0 heterocycles. The molecule has 13 heavy (non-hydrogen) atoms. The summed E-state index contributed by atoms with van der Waals surface area (Å²) in [6.45, 7) is 16.0. The first-order valence-corrected chi connectivity index (χ1v) is 5.39. The Hall–Kier alpha value is -0.260. The zero-order chi connectivity index (χ0) is 10.7. The van der Waals surface area contributed by atoms with E-state index in [1.165, 1.54) is 12.8 Å². The van der Waals surface area contributed by atoms with E-state index in [-0.39, 0.29) is 0 Å². The van der Waals surface area contributed by atoms with E-state index in [4.69, 9.17) is 0 Å². The lowest BCUT2D eigenvalue weighted by molar-refractivity contribution is 0.451. The second kappa shape index (κ2) is 4.30. The molecule has 0 N–H and O–H groups in total. The molecule has 0 saturated carbocycles. The first kappa shape index (κ1) is 12.7. The highest BCUT2D eigenvalue weighted by atomic mass is 14.2. The summed E-state index contributed by atoms with van der Waals surface area (Å²) in [5.74, 6) is 0. The molecule has 0 aliphatic heterocycles. The van der Waals surface area contributed by atoms with Gasteiger partial charge in [0.2, 0.25) is 0 Å². The first-order valence-electron chi connectivity index (χ1n) is 5.39. The van der Waals surface area contributed by atoms with Crippen molar-refractivity contribution in [1.29, 1.82) is 0 Å². The molecular weight excluding hydrogens is 156 g/mol. The number of allylic oxidation sites excluding steroid dienone is 2. The highest BCUT2D eigenvalue weighted by Gasteiger charge is 2.18. The van der Waals surface area contributed by atoms with Crippen LogP contribution in [-0.2, 0) is 0 Å². The lowest BCUT2D eigenvalue weighted by Gasteiger charge is -2.26. The summed E-state index contributed by atoms with van der Waals surface area (Å²) < 4.78 is 0.